The van der Waals surface area contributed by atoms with Gasteiger partial charge >= 0.3 is 5.97 Å². The van der Waals surface area contributed by atoms with E-state index in [1.165, 1.54) is 30.0 Å². The van der Waals surface area contributed by atoms with Gasteiger partial charge in [0.25, 0.3) is 0 Å². The number of aromatic carboxylic acids is 1. The second kappa shape index (κ2) is 6.94. The fourth-order valence-electron chi connectivity index (χ4n) is 2.12. The fourth-order valence-corrected chi connectivity index (χ4v) is 2.98. The van der Waals surface area contributed by atoms with Crippen LogP contribution in [0.25, 0.3) is 11.0 Å². The van der Waals surface area contributed by atoms with Gasteiger partial charge in [-0.2, -0.15) is 0 Å². The van der Waals surface area contributed by atoms with Crippen molar-refractivity contribution < 1.29 is 14.7 Å². The number of benzene rings is 2. The Balaban J connectivity index is 1.67. The molecule has 3 N–H and O–H groups in total. The van der Waals surface area contributed by atoms with E-state index in [0.29, 0.717) is 10.2 Å². The zero-order chi connectivity index (χ0) is 17.1. The standard InChI is InChI=1S/C16H12ClN3O3S/c17-9-5-6-10(15(22)23)13(7-9)18-14(21)8-24-16-19-11-3-1-2-4-12(11)20-16/h1-7H,8H2,(H,18,21)(H,19,20)(H,22,23). The largest absolute Gasteiger partial charge is 0.478 e. The molecule has 6 nitrogen and oxygen atoms in total. The average Bonchev–Trinajstić information content (AvgIpc) is 2.95. The van der Waals surface area contributed by atoms with Gasteiger partial charge in [-0.25, -0.2) is 9.78 Å². The molecular weight excluding hydrogens is 350 g/mol. The number of amides is 1. The van der Waals surface area contributed by atoms with Crippen molar-refractivity contribution in [2.24, 2.45) is 0 Å². The number of carbonyl (C=O) groups excluding carboxylic acids is 1. The summed E-state index contributed by atoms with van der Waals surface area (Å²) >= 11 is 7.09. The molecule has 122 valence electrons. The van der Waals surface area contributed by atoms with Gasteiger partial charge < -0.3 is 15.4 Å². The average molecular weight is 362 g/mol. The molecule has 1 aromatic heterocycles. The maximum Gasteiger partial charge on any atom is 0.337 e. The maximum atomic E-state index is 12.1. The summed E-state index contributed by atoms with van der Waals surface area (Å²) in [7, 11) is 0. The summed E-state index contributed by atoms with van der Waals surface area (Å²) in [5, 5.41) is 12.7. The minimum atomic E-state index is -1.13. The van der Waals surface area contributed by atoms with E-state index in [-0.39, 0.29) is 22.9 Å². The zero-order valence-corrected chi connectivity index (χ0v) is 13.8. The molecule has 8 heteroatoms. The van der Waals surface area contributed by atoms with Gasteiger partial charge in [-0.3, -0.25) is 4.79 Å². The van der Waals surface area contributed by atoms with E-state index >= 15 is 0 Å². The topological polar surface area (TPSA) is 95.1 Å². The third-order valence-corrected chi connectivity index (χ3v) is 4.30. The molecule has 0 fully saturated rings. The van der Waals surface area contributed by atoms with Crippen LogP contribution in [0.15, 0.2) is 47.6 Å². The van der Waals surface area contributed by atoms with Crippen molar-refractivity contribution in [3.63, 3.8) is 0 Å². The van der Waals surface area contributed by atoms with Crippen LogP contribution in [0.5, 0.6) is 0 Å². The second-order valence-electron chi connectivity index (χ2n) is 4.89. The Labute approximate surface area is 146 Å². The summed E-state index contributed by atoms with van der Waals surface area (Å²) < 4.78 is 0. The number of para-hydroxylation sites is 2. The molecule has 0 aliphatic heterocycles. The highest BCUT2D eigenvalue weighted by atomic mass is 35.5. The maximum absolute atomic E-state index is 12.1. The Kier molecular flexibility index (Phi) is 4.73. The smallest absolute Gasteiger partial charge is 0.337 e. The molecule has 0 aliphatic rings. The van der Waals surface area contributed by atoms with Crippen molar-refractivity contribution in [3.05, 3.63) is 53.1 Å². The van der Waals surface area contributed by atoms with Crippen LogP contribution in [-0.2, 0) is 4.79 Å². The van der Waals surface area contributed by atoms with Crippen molar-refractivity contribution in [3.8, 4) is 0 Å². The quantitative estimate of drug-likeness (QED) is 0.603. The third-order valence-electron chi connectivity index (χ3n) is 3.19. The summed E-state index contributed by atoms with van der Waals surface area (Å²) in [6.45, 7) is 0. The first-order valence-corrected chi connectivity index (χ1v) is 8.29. The second-order valence-corrected chi connectivity index (χ2v) is 6.29. The number of anilines is 1. The number of nitrogens with one attached hydrogen (secondary N) is 2. The first kappa shape index (κ1) is 16.4. The zero-order valence-electron chi connectivity index (χ0n) is 12.2. The molecule has 0 saturated heterocycles. The van der Waals surface area contributed by atoms with E-state index in [4.69, 9.17) is 16.7 Å². The van der Waals surface area contributed by atoms with Gasteiger partial charge in [-0.05, 0) is 30.3 Å². The molecule has 0 radical (unpaired) electrons. The van der Waals surface area contributed by atoms with Crippen molar-refractivity contribution in [1.29, 1.82) is 0 Å². The number of hydrogen-bond donors (Lipinski definition) is 3. The number of hydrogen-bond acceptors (Lipinski definition) is 4. The highest BCUT2D eigenvalue weighted by Gasteiger charge is 2.14. The van der Waals surface area contributed by atoms with E-state index in [0.717, 1.165) is 11.0 Å². The van der Waals surface area contributed by atoms with Crippen LogP contribution in [0.4, 0.5) is 5.69 Å². The molecule has 0 saturated carbocycles. The summed E-state index contributed by atoms with van der Waals surface area (Å²) in [5.74, 6) is -1.39. The van der Waals surface area contributed by atoms with E-state index in [1.54, 1.807) is 0 Å². The number of nitrogens with zero attached hydrogens (tertiary/aromatic N) is 1. The minimum Gasteiger partial charge on any atom is -0.478 e. The van der Waals surface area contributed by atoms with E-state index < -0.39 is 5.97 Å². The van der Waals surface area contributed by atoms with Crippen molar-refractivity contribution in [2.45, 2.75) is 5.16 Å². The van der Waals surface area contributed by atoms with Gasteiger partial charge in [0, 0.05) is 5.02 Å². The highest BCUT2D eigenvalue weighted by molar-refractivity contribution is 7.99. The number of halogens is 1. The van der Waals surface area contributed by atoms with Gasteiger partial charge in [0.2, 0.25) is 5.91 Å². The molecule has 2 aromatic carbocycles. The van der Waals surface area contributed by atoms with Crippen molar-refractivity contribution >= 4 is 52.0 Å². The Hall–Kier alpha value is -2.51. The lowest BCUT2D eigenvalue weighted by molar-refractivity contribution is -0.113. The van der Waals surface area contributed by atoms with Crippen molar-refractivity contribution in [1.82, 2.24) is 9.97 Å². The Morgan fingerprint density at radius 2 is 2.04 bits per heavy atom. The summed E-state index contributed by atoms with van der Waals surface area (Å²) in [6, 6.07) is 11.8. The lowest BCUT2D eigenvalue weighted by Crippen LogP contribution is -2.16. The number of thioether (sulfide) groups is 1. The molecule has 0 aliphatic carbocycles. The number of carboxylic acid groups (broad SMARTS) is 1. The predicted molar refractivity (Wildman–Crippen MR) is 93.9 cm³/mol. The molecule has 1 amide bonds. The van der Waals surface area contributed by atoms with Crippen LogP contribution < -0.4 is 5.32 Å². The molecule has 3 aromatic rings. The summed E-state index contributed by atoms with van der Waals surface area (Å²) in [4.78, 5) is 30.7. The van der Waals surface area contributed by atoms with Crippen LogP contribution in [-0.4, -0.2) is 32.7 Å². The molecule has 0 spiro atoms. The highest BCUT2D eigenvalue weighted by Crippen LogP contribution is 2.23. The SMILES string of the molecule is O=C(CSc1nc2ccccc2[nH]1)Nc1cc(Cl)ccc1C(=O)O. The number of carboxylic acids is 1. The molecule has 3 rings (SSSR count). The number of fused-ring (bicyclic) bond motifs is 1. The number of imidazole rings is 1. The monoisotopic (exact) mass is 361 g/mol. The number of aromatic amines is 1. The summed E-state index contributed by atoms with van der Waals surface area (Å²) in [6.07, 6.45) is 0. The lowest BCUT2D eigenvalue weighted by Gasteiger charge is -2.08. The minimum absolute atomic E-state index is 0.0125. The van der Waals surface area contributed by atoms with Gasteiger partial charge in [0.1, 0.15) is 0 Å². The predicted octanol–water partition coefficient (Wildman–Crippen LogP) is 3.65. The van der Waals surface area contributed by atoms with Crippen LogP contribution in [0.2, 0.25) is 5.02 Å². The lowest BCUT2D eigenvalue weighted by atomic mass is 10.2. The molecule has 0 unspecified atom stereocenters. The van der Waals surface area contributed by atoms with Crippen LogP contribution >= 0.6 is 23.4 Å². The van der Waals surface area contributed by atoms with Crippen LogP contribution in [0, 0.1) is 0 Å². The van der Waals surface area contributed by atoms with Gasteiger partial charge in [-0.1, -0.05) is 35.5 Å². The van der Waals surface area contributed by atoms with E-state index in [9.17, 15) is 9.59 Å². The van der Waals surface area contributed by atoms with E-state index in [1.807, 2.05) is 24.3 Å². The summed E-state index contributed by atoms with van der Waals surface area (Å²) in [5.41, 5.74) is 1.87. The van der Waals surface area contributed by atoms with E-state index in [2.05, 4.69) is 15.3 Å². The molecule has 0 bridgehead atoms. The molecule has 0 atom stereocenters. The van der Waals surface area contributed by atoms with Gasteiger partial charge in [-0.15, -0.1) is 0 Å². The Bertz CT molecular complexity index is 893. The Morgan fingerprint density at radius 1 is 1.25 bits per heavy atom. The number of carbonyl (C=O) groups is 2. The number of H-pyrrole nitrogens is 1. The number of rotatable bonds is 5. The third kappa shape index (κ3) is 3.69. The van der Waals surface area contributed by atoms with Crippen molar-refractivity contribution in [2.75, 3.05) is 11.1 Å². The first-order valence-electron chi connectivity index (χ1n) is 6.93. The normalized spacial score (nSPS) is 10.7. The van der Waals surface area contributed by atoms with Gasteiger partial charge in [0.15, 0.2) is 5.16 Å². The molecular formula is C16H12ClN3O3S. The Morgan fingerprint density at radius 3 is 2.79 bits per heavy atom. The van der Waals surface area contributed by atoms with Gasteiger partial charge in [0.05, 0.1) is 28.0 Å². The van der Waals surface area contributed by atoms with Crippen LogP contribution in [0.3, 0.4) is 0 Å². The fraction of sp³-hybridized carbons (Fsp3) is 0.0625. The molecule has 24 heavy (non-hydrogen) atoms. The number of aromatic nitrogens is 2. The van der Waals surface area contributed by atoms with Crippen LogP contribution in [0.1, 0.15) is 10.4 Å². The molecule has 1 heterocycles. The first-order chi connectivity index (χ1) is 11.5.